The van der Waals surface area contributed by atoms with Crippen LogP contribution in [0.15, 0.2) is 30.3 Å². The van der Waals surface area contributed by atoms with E-state index in [4.69, 9.17) is 0 Å². The van der Waals surface area contributed by atoms with Crippen molar-refractivity contribution in [1.29, 1.82) is 0 Å². The normalized spacial score (nSPS) is 16.6. The van der Waals surface area contributed by atoms with Crippen LogP contribution in [0.25, 0.3) is 5.57 Å². The average Bonchev–Trinajstić information content (AvgIpc) is 2.18. The smallest absolute Gasteiger partial charge is 0.155 e. The van der Waals surface area contributed by atoms with Gasteiger partial charge in [0.25, 0.3) is 0 Å². The van der Waals surface area contributed by atoms with Gasteiger partial charge in [-0.15, -0.1) is 0 Å². The average molecular weight is 186 g/mol. The van der Waals surface area contributed by atoms with Crippen molar-refractivity contribution in [3.63, 3.8) is 0 Å². The number of ketones is 1. The van der Waals surface area contributed by atoms with Crippen molar-refractivity contribution in [2.75, 3.05) is 0 Å². The summed E-state index contributed by atoms with van der Waals surface area (Å²) in [5.41, 5.74) is 3.66. The number of carbonyl (C=O) groups is 1. The van der Waals surface area contributed by atoms with Crippen LogP contribution in [0.3, 0.4) is 0 Å². The predicted molar refractivity (Wildman–Crippen MR) is 58.0 cm³/mol. The summed E-state index contributed by atoms with van der Waals surface area (Å²) in [5, 5.41) is 0. The molecular formula is C13H14O. The Morgan fingerprint density at radius 3 is 2.79 bits per heavy atom. The lowest BCUT2D eigenvalue weighted by molar-refractivity contribution is -0.114. The van der Waals surface area contributed by atoms with Crippen LogP contribution in [0, 0.1) is 6.92 Å². The van der Waals surface area contributed by atoms with Gasteiger partial charge in [0.15, 0.2) is 5.78 Å². The first kappa shape index (κ1) is 9.20. The second-order valence-electron chi connectivity index (χ2n) is 3.86. The zero-order valence-electron chi connectivity index (χ0n) is 8.42. The summed E-state index contributed by atoms with van der Waals surface area (Å²) in [4.78, 5) is 11.3. The Balaban J connectivity index is 2.35. The van der Waals surface area contributed by atoms with Crippen molar-refractivity contribution in [2.24, 2.45) is 0 Å². The van der Waals surface area contributed by atoms with Crippen molar-refractivity contribution in [2.45, 2.75) is 26.2 Å². The van der Waals surface area contributed by atoms with Gasteiger partial charge in [0.05, 0.1) is 0 Å². The second kappa shape index (κ2) is 3.79. The van der Waals surface area contributed by atoms with E-state index in [2.05, 4.69) is 25.1 Å². The molecule has 2 rings (SSSR count). The summed E-state index contributed by atoms with van der Waals surface area (Å²) < 4.78 is 0. The fourth-order valence-corrected chi connectivity index (χ4v) is 1.86. The monoisotopic (exact) mass is 186 g/mol. The molecule has 0 bridgehead atoms. The molecular weight excluding hydrogens is 172 g/mol. The van der Waals surface area contributed by atoms with Crippen LogP contribution in [0.1, 0.15) is 30.4 Å². The molecule has 1 aromatic carbocycles. The van der Waals surface area contributed by atoms with E-state index in [1.807, 2.05) is 6.07 Å². The van der Waals surface area contributed by atoms with Gasteiger partial charge >= 0.3 is 0 Å². The fraction of sp³-hybridized carbons (Fsp3) is 0.308. The number of aryl methyl sites for hydroxylation is 1. The molecule has 0 atom stereocenters. The van der Waals surface area contributed by atoms with Crippen molar-refractivity contribution in [3.05, 3.63) is 41.5 Å². The summed E-state index contributed by atoms with van der Waals surface area (Å²) in [5.74, 6) is 0.271. The minimum atomic E-state index is 0.271. The molecule has 0 saturated carbocycles. The van der Waals surface area contributed by atoms with Crippen molar-refractivity contribution >= 4 is 11.4 Å². The van der Waals surface area contributed by atoms with Gasteiger partial charge < -0.3 is 0 Å². The summed E-state index contributed by atoms with van der Waals surface area (Å²) >= 11 is 0. The molecule has 0 unspecified atom stereocenters. The highest BCUT2D eigenvalue weighted by atomic mass is 16.1. The molecule has 0 radical (unpaired) electrons. The maximum absolute atomic E-state index is 11.3. The Hall–Kier alpha value is -1.37. The SMILES string of the molecule is Cc1cccc(C2=CC(=O)CCC2)c1. The van der Waals surface area contributed by atoms with E-state index >= 15 is 0 Å². The summed E-state index contributed by atoms with van der Waals surface area (Å²) in [7, 11) is 0. The van der Waals surface area contributed by atoms with E-state index in [1.54, 1.807) is 6.08 Å². The first-order valence-electron chi connectivity index (χ1n) is 5.06. The van der Waals surface area contributed by atoms with Crippen LogP contribution in [0.2, 0.25) is 0 Å². The summed E-state index contributed by atoms with van der Waals surface area (Å²) in [6, 6.07) is 8.35. The molecule has 1 aliphatic rings. The summed E-state index contributed by atoms with van der Waals surface area (Å²) in [6.45, 7) is 2.08. The van der Waals surface area contributed by atoms with Gasteiger partial charge in [-0.2, -0.15) is 0 Å². The van der Waals surface area contributed by atoms with Crippen LogP contribution in [-0.2, 0) is 4.79 Å². The minimum Gasteiger partial charge on any atom is -0.295 e. The van der Waals surface area contributed by atoms with Crippen LogP contribution in [0.4, 0.5) is 0 Å². The number of hydrogen-bond donors (Lipinski definition) is 0. The number of rotatable bonds is 1. The largest absolute Gasteiger partial charge is 0.295 e. The highest BCUT2D eigenvalue weighted by molar-refractivity contribution is 5.98. The Morgan fingerprint density at radius 1 is 1.21 bits per heavy atom. The van der Waals surface area contributed by atoms with Gasteiger partial charge in [0.1, 0.15) is 0 Å². The molecule has 0 fully saturated rings. The fourth-order valence-electron chi connectivity index (χ4n) is 1.86. The molecule has 0 spiro atoms. The molecule has 1 nitrogen and oxygen atoms in total. The lowest BCUT2D eigenvalue weighted by atomic mass is 9.92. The number of hydrogen-bond acceptors (Lipinski definition) is 1. The maximum Gasteiger partial charge on any atom is 0.155 e. The zero-order chi connectivity index (χ0) is 9.97. The van der Waals surface area contributed by atoms with Crippen LogP contribution in [0.5, 0.6) is 0 Å². The lowest BCUT2D eigenvalue weighted by Gasteiger charge is -2.12. The maximum atomic E-state index is 11.3. The Kier molecular flexibility index (Phi) is 2.49. The van der Waals surface area contributed by atoms with Gasteiger partial charge in [-0.1, -0.05) is 29.8 Å². The van der Waals surface area contributed by atoms with Crippen molar-refractivity contribution in [3.8, 4) is 0 Å². The van der Waals surface area contributed by atoms with Gasteiger partial charge in [-0.3, -0.25) is 4.79 Å². The van der Waals surface area contributed by atoms with Crippen LogP contribution >= 0.6 is 0 Å². The standard InChI is InChI=1S/C13H14O/c1-10-4-2-5-11(8-10)12-6-3-7-13(14)9-12/h2,4-5,8-9H,3,6-7H2,1H3. The molecule has 0 N–H and O–H groups in total. The lowest BCUT2D eigenvalue weighted by Crippen LogP contribution is -2.01. The van der Waals surface area contributed by atoms with E-state index in [1.165, 1.54) is 16.7 Å². The quantitative estimate of drug-likeness (QED) is 0.658. The molecule has 72 valence electrons. The summed E-state index contributed by atoms with van der Waals surface area (Å²) in [6.07, 6.45) is 4.56. The predicted octanol–water partition coefficient (Wildman–Crippen LogP) is 3.13. The first-order chi connectivity index (χ1) is 6.75. The molecule has 0 aliphatic heterocycles. The third kappa shape index (κ3) is 1.92. The van der Waals surface area contributed by atoms with Gasteiger partial charge in [0, 0.05) is 6.42 Å². The highest BCUT2D eigenvalue weighted by Crippen LogP contribution is 2.25. The second-order valence-corrected chi connectivity index (χ2v) is 3.86. The molecule has 0 heterocycles. The molecule has 1 heteroatoms. The Morgan fingerprint density at radius 2 is 2.07 bits per heavy atom. The minimum absolute atomic E-state index is 0.271. The number of benzene rings is 1. The van der Waals surface area contributed by atoms with Gasteiger partial charge in [-0.05, 0) is 37.0 Å². The molecule has 1 aromatic rings. The molecule has 0 aromatic heterocycles. The van der Waals surface area contributed by atoms with Crippen LogP contribution in [-0.4, -0.2) is 5.78 Å². The molecule has 0 saturated heterocycles. The van der Waals surface area contributed by atoms with Gasteiger partial charge in [0.2, 0.25) is 0 Å². The van der Waals surface area contributed by atoms with Gasteiger partial charge in [-0.25, -0.2) is 0 Å². The first-order valence-corrected chi connectivity index (χ1v) is 5.06. The van der Waals surface area contributed by atoms with E-state index in [0.29, 0.717) is 0 Å². The van der Waals surface area contributed by atoms with Crippen molar-refractivity contribution in [1.82, 2.24) is 0 Å². The third-order valence-corrected chi connectivity index (χ3v) is 2.59. The topological polar surface area (TPSA) is 17.1 Å². The van der Waals surface area contributed by atoms with Crippen LogP contribution < -0.4 is 0 Å². The van der Waals surface area contributed by atoms with E-state index in [-0.39, 0.29) is 5.78 Å². The molecule has 1 aliphatic carbocycles. The van der Waals surface area contributed by atoms with E-state index < -0.39 is 0 Å². The Bertz CT molecular complexity index is 388. The zero-order valence-corrected chi connectivity index (χ0v) is 8.42. The number of carbonyl (C=O) groups excluding carboxylic acids is 1. The molecule has 14 heavy (non-hydrogen) atoms. The molecule has 0 amide bonds. The van der Waals surface area contributed by atoms with E-state index in [9.17, 15) is 4.79 Å². The highest BCUT2D eigenvalue weighted by Gasteiger charge is 2.10. The number of allylic oxidation sites excluding steroid dienone is 2. The van der Waals surface area contributed by atoms with E-state index in [0.717, 1.165) is 19.3 Å². The third-order valence-electron chi connectivity index (χ3n) is 2.59. The Labute approximate surface area is 84.5 Å². The van der Waals surface area contributed by atoms with Crippen molar-refractivity contribution < 1.29 is 4.79 Å².